The van der Waals surface area contributed by atoms with Gasteiger partial charge >= 0.3 is 0 Å². The number of amides is 2. The van der Waals surface area contributed by atoms with Crippen LogP contribution in [0.5, 0.6) is 11.5 Å². The van der Waals surface area contributed by atoms with E-state index in [0.717, 1.165) is 26.2 Å². The summed E-state index contributed by atoms with van der Waals surface area (Å²) >= 11 is 0. The number of methoxy groups -OCH3 is 2. The molecule has 2 saturated heterocycles. The Kier molecular flexibility index (Phi) is 5.40. The standard InChI is InChI=1S/C22H25N3O4/c1-28-17-8-9-20(29-2)18(14-17)25-21(26)15-19(22(25)27)24-12-10-23(11-13-24)16-6-4-3-5-7-16/h3-9,14,19H,10-13,15H2,1-2H3/t19-/m0/s1. The topological polar surface area (TPSA) is 62.3 Å². The summed E-state index contributed by atoms with van der Waals surface area (Å²) in [7, 11) is 3.07. The van der Waals surface area contributed by atoms with Gasteiger partial charge in [0.1, 0.15) is 11.5 Å². The monoisotopic (exact) mass is 395 g/mol. The summed E-state index contributed by atoms with van der Waals surface area (Å²) in [5, 5.41) is 0. The van der Waals surface area contributed by atoms with Gasteiger partial charge in [-0.1, -0.05) is 18.2 Å². The first kappa shape index (κ1) is 19.3. The summed E-state index contributed by atoms with van der Waals surface area (Å²) in [4.78, 5) is 31.6. The van der Waals surface area contributed by atoms with Crippen molar-refractivity contribution >= 4 is 23.2 Å². The molecule has 0 aromatic heterocycles. The average molecular weight is 395 g/mol. The van der Waals surface area contributed by atoms with Crippen LogP contribution in [0, 0.1) is 0 Å². The highest BCUT2D eigenvalue weighted by Gasteiger charge is 2.44. The molecule has 2 aromatic carbocycles. The third-order valence-electron chi connectivity index (χ3n) is 5.63. The van der Waals surface area contributed by atoms with Gasteiger partial charge in [-0.3, -0.25) is 14.5 Å². The van der Waals surface area contributed by atoms with Crippen LogP contribution in [0.25, 0.3) is 0 Å². The molecule has 152 valence electrons. The molecular weight excluding hydrogens is 370 g/mol. The van der Waals surface area contributed by atoms with Crippen LogP contribution >= 0.6 is 0 Å². The summed E-state index contributed by atoms with van der Waals surface area (Å²) < 4.78 is 10.6. The predicted molar refractivity (Wildman–Crippen MR) is 111 cm³/mol. The number of hydrogen-bond acceptors (Lipinski definition) is 6. The van der Waals surface area contributed by atoms with Crippen LogP contribution in [-0.4, -0.2) is 63.2 Å². The molecule has 4 rings (SSSR count). The van der Waals surface area contributed by atoms with Crippen LogP contribution < -0.4 is 19.3 Å². The van der Waals surface area contributed by atoms with Gasteiger partial charge in [-0.15, -0.1) is 0 Å². The van der Waals surface area contributed by atoms with Crippen LogP contribution in [0.15, 0.2) is 48.5 Å². The van der Waals surface area contributed by atoms with E-state index in [2.05, 4.69) is 21.9 Å². The van der Waals surface area contributed by atoms with Crippen molar-refractivity contribution in [1.82, 2.24) is 4.90 Å². The van der Waals surface area contributed by atoms with E-state index < -0.39 is 6.04 Å². The highest BCUT2D eigenvalue weighted by molar-refractivity contribution is 6.23. The van der Waals surface area contributed by atoms with Crippen molar-refractivity contribution in [3.05, 3.63) is 48.5 Å². The first-order chi connectivity index (χ1) is 14.1. The highest BCUT2D eigenvalue weighted by atomic mass is 16.5. The van der Waals surface area contributed by atoms with Crippen LogP contribution in [0.3, 0.4) is 0 Å². The lowest BCUT2D eigenvalue weighted by molar-refractivity contribution is -0.123. The second-order valence-electron chi connectivity index (χ2n) is 7.18. The fourth-order valence-electron chi connectivity index (χ4n) is 4.06. The molecular formula is C22H25N3O4. The van der Waals surface area contributed by atoms with Gasteiger partial charge in [0.15, 0.2) is 0 Å². The summed E-state index contributed by atoms with van der Waals surface area (Å²) in [6.45, 7) is 3.12. The minimum Gasteiger partial charge on any atom is -0.497 e. The van der Waals surface area contributed by atoms with Crippen molar-refractivity contribution < 1.29 is 19.1 Å². The van der Waals surface area contributed by atoms with Gasteiger partial charge in [-0.25, -0.2) is 4.90 Å². The fraction of sp³-hybridized carbons (Fsp3) is 0.364. The number of carbonyl (C=O) groups excluding carboxylic acids is 2. The second-order valence-corrected chi connectivity index (χ2v) is 7.18. The van der Waals surface area contributed by atoms with E-state index in [-0.39, 0.29) is 18.2 Å². The predicted octanol–water partition coefficient (Wildman–Crippen LogP) is 2.16. The van der Waals surface area contributed by atoms with Gasteiger partial charge in [-0.2, -0.15) is 0 Å². The van der Waals surface area contributed by atoms with Gasteiger partial charge in [0.25, 0.3) is 5.91 Å². The number of ether oxygens (including phenoxy) is 2. The molecule has 2 aromatic rings. The van der Waals surface area contributed by atoms with Crippen molar-refractivity contribution in [3.8, 4) is 11.5 Å². The third-order valence-corrected chi connectivity index (χ3v) is 5.63. The zero-order valence-corrected chi connectivity index (χ0v) is 16.7. The average Bonchev–Trinajstić information content (AvgIpc) is 3.07. The van der Waals surface area contributed by atoms with Crippen LogP contribution in [-0.2, 0) is 9.59 Å². The van der Waals surface area contributed by atoms with Gasteiger partial charge < -0.3 is 14.4 Å². The number of anilines is 2. The zero-order valence-electron chi connectivity index (χ0n) is 16.7. The molecule has 7 heteroatoms. The minimum atomic E-state index is -0.434. The lowest BCUT2D eigenvalue weighted by atomic mass is 10.1. The third kappa shape index (κ3) is 3.65. The molecule has 7 nitrogen and oxygen atoms in total. The Labute approximate surface area is 170 Å². The number of benzene rings is 2. The Hall–Kier alpha value is -3.06. The zero-order chi connectivity index (χ0) is 20.4. The van der Waals surface area contributed by atoms with E-state index in [1.165, 1.54) is 17.7 Å². The SMILES string of the molecule is COc1ccc(OC)c(N2C(=O)C[C@H](N3CCN(c4ccccc4)CC3)C2=O)c1. The molecule has 0 radical (unpaired) electrons. The van der Waals surface area contributed by atoms with E-state index in [1.54, 1.807) is 25.3 Å². The fourth-order valence-corrected chi connectivity index (χ4v) is 4.06. The van der Waals surface area contributed by atoms with Crippen LogP contribution in [0.1, 0.15) is 6.42 Å². The van der Waals surface area contributed by atoms with Crippen molar-refractivity contribution in [2.45, 2.75) is 12.5 Å². The van der Waals surface area contributed by atoms with E-state index in [0.29, 0.717) is 17.2 Å². The molecule has 0 saturated carbocycles. The van der Waals surface area contributed by atoms with Crippen molar-refractivity contribution in [1.29, 1.82) is 0 Å². The Morgan fingerprint density at radius 1 is 0.897 bits per heavy atom. The van der Waals surface area contributed by atoms with Crippen molar-refractivity contribution in [2.24, 2.45) is 0 Å². The quantitative estimate of drug-likeness (QED) is 0.723. The molecule has 2 aliphatic heterocycles. The Balaban J connectivity index is 1.49. The van der Waals surface area contributed by atoms with Crippen molar-refractivity contribution in [3.63, 3.8) is 0 Å². The first-order valence-electron chi connectivity index (χ1n) is 9.75. The summed E-state index contributed by atoms with van der Waals surface area (Å²) in [6.07, 6.45) is 0.185. The molecule has 0 aliphatic carbocycles. The van der Waals surface area contributed by atoms with Gasteiger partial charge in [0.05, 0.1) is 32.4 Å². The van der Waals surface area contributed by atoms with Gasteiger partial charge in [-0.05, 0) is 24.3 Å². The van der Waals surface area contributed by atoms with Crippen LogP contribution in [0.2, 0.25) is 0 Å². The molecule has 2 amide bonds. The maximum Gasteiger partial charge on any atom is 0.251 e. The molecule has 0 N–H and O–H groups in total. The molecule has 2 heterocycles. The van der Waals surface area contributed by atoms with E-state index >= 15 is 0 Å². The molecule has 0 bridgehead atoms. The normalized spacial score (nSPS) is 20.3. The molecule has 29 heavy (non-hydrogen) atoms. The largest absolute Gasteiger partial charge is 0.497 e. The lowest BCUT2D eigenvalue weighted by Gasteiger charge is -2.38. The van der Waals surface area contributed by atoms with Crippen LogP contribution in [0.4, 0.5) is 11.4 Å². The van der Waals surface area contributed by atoms with E-state index in [9.17, 15) is 9.59 Å². The maximum absolute atomic E-state index is 13.2. The van der Waals surface area contributed by atoms with E-state index in [4.69, 9.17) is 9.47 Å². The lowest BCUT2D eigenvalue weighted by Crippen LogP contribution is -2.52. The highest BCUT2D eigenvalue weighted by Crippen LogP contribution is 2.36. The minimum absolute atomic E-state index is 0.185. The number of rotatable bonds is 5. The number of hydrogen-bond donors (Lipinski definition) is 0. The smallest absolute Gasteiger partial charge is 0.251 e. The van der Waals surface area contributed by atoms with Crippen molar-refractivity contribution in [2.75, 3.05) is 50.2 Å². The molecule has 0 unspecified atom stereocenters. The number of nitrogens with zero attached hydrogens (tertiary/aromatic N) is 3. The first-order valence-corrected chi connectivity index (χ1v) is 9.75. The summed E-state index contributed by atoms with van der Waals surface area (Å²) in [6, 6.07) is 14.9. The van der Waals surface area contributed by atoms with E-state index in [1.807, 2.05) is 18.2 Å². The molecule has 2 fully saturated rings. The number of carbonyl (C=O) groups is 2. The Morgan fingerprint density at radius 2 is 1.62 bits per heavy atom. The summed E-state index contributed by atoms with van der Waals surface area (Å²) in [5.74, 6) is 0.634. The molecule has 0 spiro atoms. The Morgan fingerprint density at radius 3 is 2.28 bits per heavy atom. The maximum atomic E-state index is 13.2. The van der Waals surface area contributed by atoms with Gasteiger partial charge in [0, 0.05) is 37.9 Å². The number of piperazine rings is 1. The van der Waals surface area contributed by atoms with Gasteiger partial charge in [0.2, 0.25) is 5.91 Å². The molecule has 2 aliphatic rings. The summed E-state index contributed by atoms with van der Waals surface area (Å²) in [5.41, 5.74) is 1.62. The second kappa shape index (κ2) is 8.13. The molecule has 1 atom stereocenters. The number of para-hydroxylation sites is 1. The number of imide groups is 1. The Bertz CT molecular complexity index is 894.